The molecule has 1 saturated carbocycles. The molecule has 1 saturated heterocycles. The Balaban J connectivity index is 1.77. The van der Waals surface area contributed by atoms with Crippen molar-refractivity contribution in [1.82, 2.24) is 4.90 Å². The van der Waals surface area contributed by atoms with Crippen LogP contribution >= 0.6 is 11.6 Å². The van der Waals surface area contributed by atoms with Crippen LogP contribution in [0.15, 0.2) is 22.9 Å². The van der Waals surface area contributed by atoms with Crippen LogP contribution in [0.5, 0.6) is 0 Å². The molecule has 0 spiro atoms. The number of likely N-dealkylation sites (tertiary alicyclic amines) is 1. The van der Waals surface area contributed by atoms with Gasteiger partial charge in [-0.25, -0.2) is 0 Å². The summed E-state index contributed by atoms with van der Waals surface area (Å²) in [6.07, 6.45) is 8.19. The van der Waals surface area contributed by atoms with Crippen molar-refractivity contribution >= 4 is 17.4 Å². The molecule has 1 aliphatic heterocycles. The van der Waals surface area contributed by atoms with Gasteiger partial charge in [0, 0.05) is 30.6 Å². The molecule has 4 rings (SSSR count). The molecule has 2 nitrogen and oxygen atoms in total. The maximum Gasteiger partial charge on any atom is 0.180 e. The predicted octanol–water partition coefficient (Wildman–Crippen LogP) is 2.55. The van der Waals surface area contributed by atoms with Gasteiger partial charge in [0.2, 0.25) is 0 Å². The van der Waals surface area contributed by atoms with Gasteiger partial charge in [-0.05, 0) is 31.1 Å². The Morgan fingerprint density at radius 2 is 1.76 bits per heavy atom. The van der Waals surface area contributed by atoms with Crippen molar-refractivity contribution in [2.75, 3.05) is 13.1 Å². The number of hydrogen-bond acceptors (Lipinski definition) is 2. The monoisotopic (exact) mass is 249 g/mol. The number of carbonyl (C=O) groups is 1. The third-order valence-electron chi connectivity index (χ3n) is 4.97. The Morgan fingerprint density at radius 3 is 2.47 bits per heavy atom. The molecule has 2 bridgehead atoms. The van der Waals surface area contributed by atoms with E-state index in [1.54, 1.807) is 0 Å². The van der Waals surface area contributed by atoms with Crippen LogP contribution in [0.4, 0.5) is 0 Å². The van der Waals surface area contributed by atoms with Crippen LogP contribution in [0.1, 0.15) is 19.3 Å². The molecular weight excluding hydrogens is 234 g/mol. The molecule has 0 N–H and O–H groups in total. The number of nitrogens with zero attached hydrogens (tertiary/aromatic N) is 1. The summed E-state index contributed by atoms with van der Waals surface area (Å²) in [4.78, 5) is 14.7. The van der Waals surface area contributed by atoms with E-state index in [2.05, 4.69) is 17.1 Å². The molecule has 0 aromatic rings. The van der Waals surface area contributed by atoms with Crippen LogP contribution in [0.3, 0.4) is 0 Å². The van der Waals surface area contributed by atoms with E-state index in [0.29, 0.717) is 22.8 Å². The highest BCUT2D eigenvalue weighted by Crippen LogP contribution is 2.57. The summed E-state index contributed by atoms with van der Waals surface area (Å²) in [6, 6.07) is 0. The molecule has 1 heterocycles. The number of allylic oxidation sites excluding steroid dienone is 4. The summed E-state index contributed by atoms with van der Waals surface area (Å²) in [6.45, 7) is 2.17. The second-order valence-corrected chi connectivity index (χ2v) is 6.14. The van der Waals surface area contributed by atoms with Crippen molar-refractivity contribution in [3.05, 3.63) is 22.9 Å². The van der Waals surface area contributed by atoms with Gasteiger partial charge in [0.05, 0.1) is 0 Å². The zero-order chi connectivity index (χ0) is 11.6. The Hall–Kier alpha value is -0.760. The number of ketones is 1. The standard InChI is InChI=1S/C14H16ClNO/c15-12-13(16-5-1-2-6-16)10-8-3-4-9(7-8)11(10)14(12)17/h3-4,8-11H,1-2,5-7H2. The van der Waals surface area contributed by atoms with Gasteiger partial charge >= 0.3 is 0 Å². The van der Waals surface area contributed by atoms with Crippen molar-refractivity contribution < 1.29 is 4.79 Å². The molecule has 4 aliphatic rings. The molecule has 2 fully saturated rings. The maximum absolute atomic E-state index is 12.3. The number of fused-ring (bicyclic) bond motifs is 5. The van der Waals surface area contributed by atoms with Crippen molar-refractivity contribution in [2.45, 2.75) is 19.3 Å². The second-order valence-electron chi connectivity index (χ2n) is 5.76. The first kappa shape index (κ1) is 10.2. The number of halogens is 1. The van der Waals surface area contributed by atoms with Crippen LogP contribution in [-0.2, 0) is 4.79 Å². The SMILES string of the molecule is O=C1C(Cl)=C(N2CCCC2)C2C3C=CC(C3)C12. The first-order chi connectivity index (χ1) is 8.27. The Kier molecular flexibility index (Phi) is 2.03. The molecule has 0 aromatic heterocycles. The minimum Gasteiger partial charge on any atom is -0.373 e. The van der Waals surface area contributed by atoms with E-state index in [1.807, 2.05) is 0 Å². The van der Waals surface area contributed by atoms with Crippen molar-refractivity contribution in [2.24, 2.45) is 23.7 Å². The smallest absolute Gasteiger partial charge is 0.180 e. The van der Waals surface area contributed by atoms with Gasteiger partial charge in [-0.1, -0.05) is 23.8 Å². The summed E-state index contributed by atoms with van der Waals surface area (Å²) in [5.74, 6) is 1.83. The summed E-state index contributed by atoms with van der Waals surface area (Å²) in [7, 11) is 0. The molecule has 0 amide bonds. The molecule has 3 heteroatoms. The number of rotatable bonds is 1. The van der Waals surface area contributed by atoms with Crippen LogP contribution < -0.4 is 0 Å². The van der Waals surface area contributed by atoms with Gasteiger partial charge < -0.3 is 4.90 Å². The first-order valence-electron chi connectivity index (χ1n) is 6.64. The number of hydrogen-bond donors (Lipinski definition) is 0. The number of carbonyl (C=O) groups excluding carboxylic acids is 1. The lowest BCUT2D eigenvalue weighted by Crippen LogP contribution is -2.28. The topological polar surface area (TPSA) is 20.3 Å². The summed E-state index contributed by atoms with van der Waals surface area (Å²) in [5, 5.41) is 0.556. The quantitative estimate of drug-likeness (QED) is 0.666. The van der Waals surface area contributed by atoms with E-state index < -0.39 is 0 Å². The predicted molar refractivity (Wildman–Crippen MR) is 66.4 cm³/mol. The Morgan fingerprint density at radius 1 is 1.12 bits per heavy atom. The van der Waals surface area contributed by atoms with Crippen molar-refractivity contribution in [3.63, 3.8) is 0 Å². The molecule has 4 unspecified atom stereocenters. The fourth-order valence-electron chi connectivity index (χ4n) is 4.28. The number of Topliss-reactive ketones (excluding diaryl/α,β-unsaturated/α-hetero) is 1. The summed E-state index contributed by atoms with van der Waals surface area (Å²) < 4.78 is 0. The van der Waals surface area contributed by atoms with Crippen LogP contribution in [0.25, 0.3) is 0 Å². The molecular formula is C14H16ClNO. The van der Waals surface area contributed by atoms with Gasteiger partial charge in [-0.3, -0.25) is 4.79 Å². The van der Waals surface area contributed by atoms with E-state index in [-0.39, 0.29) is 11.7 Å². The highest BCUT2D eigenvalue weighted by Gasteiger charge is 2.56. The minimum absolute atomic E-state index is 0.174. The lowest BCUT2D eigenvalue weighted by atomic mass is 9.83. The average molecular weight is 250 g/mol. The van der Waals surface area contributed by atoms with Crippen LogP contribution in [-0.4, -0.2) is 23.8 Å². The fraction of sp³-hybridized carbons (Fsp3) is 0.643. The Bertz CT molecular complexity index is 447. The van der Waals surface area contributed by atoms with Gasteiger partial charge in [0.1, 0.15) is 5.03 Å². The highest BCUT2D eigenvalue weighted by molar-refractivity contribution is 6.44. The van der Waals surface area contributed by atoms with Crippen molar-refractivity contribution in [3.8, 4) is 0 Å². The lowest BCUT2D eigenvalue weighted by Gasteiger charge is -2.28. The van der Waals surface area contributed by atoms with E-state index >= 15 is 0 Å². The first-order valence-corrected chi connectivity index (χ1v) is 7.02. The van der Waals surface area contributed by atoms with Gasteiger partial charge in [0.25, 0.3) is 0 Å². The average Bonchev–Trinajstić information content (AvgIpc) is 3.04. The third kappa shape index (κ3) is 1.20. The molecule has 3 aliphatic carbocycles. The van der Waals surface area contributed by atoms with E-state index in [0.717, 1.165) is 13.1 Å². The lowest BCUT2D eigenvalue weighted by molar-refractivity contribution is -0.119. The molecule has 4 atom stereocenters. The minimum atomic E-state index is 0.174. The third-order valence-corrected chi connectivity index (χ3v) is 5.35. The summed E-state index contributed by atoms with van der Waals surface area (Å²) >= 11 is 6.33. The van der Waals surface area contributed by atoms with Gasteiger partial charge in [-0.2, -0.15) is 0 Å². The highest BCUT2D eigenvalue weighted by atomic mass is 35.5. The molecule has 0 radical (unpaired) electrons. The normalized spacial score (nSPS) is 43.1. The summed E-state index contributed by atoms with van der Waals surface area (Å²) in [5.41, 5.74) is 1.19. The van der Waals surface area contributed by atoms with Crippen LogP contribution in [0.2, 0.25) is 0 Å². The largest absolute Gasteiger partial charge is 0.373 e. The van der Waals surface area contributed by atoms with E-state index in [1.165, 1.54) is 25.0 Å². The molecule has 90 valence electrons. The van der Waals surface area contributed by atoms with E-state index in [9.17, 15) is 4.79 Å². The fourth-order valence-corrected chi connectivity index (χ4v) is 4.65. The second kappa shape index (κ2) is 3.38. The molecule has 17 heavy (non-hydrogen) atoms. The van der Waals surface area contributed by atoms with Gasteiger partial charge in [-0.15, -0.1) is 0 Å². The van der Waals surface area contributed by atoms with Crippen LogP contribution in [0, 0.1) is 23.7 Å². The zero-order valence-corrected chi connectivity index (χ0v) is 10.5. The maximum atomic E-state index is 12.3. The van der Waals surface area contributed by atoms with Crippen molar-refractivity contribution in [1.29, 1.82) is 0 Å². The zero-order valence-electron chi connectivity index (χ0n) is 9.73. The Labute approximate surface area is 106 Å². The van der Waals surface area contributed by atoms with E-state index in [4.69, 9.17) is 11.6 Å². The molecule has 0 aromatic carbocycles. The van der Waals surface area contributed by atoms with Gasteiger partial charge in [0.15, 0.2) is 5.78 Å².